The third-order valence-electron chi connectivity index (χ3n) is 6.29. The van der Waals surface area contributed by atoms with Crippen LogP contribution in [0.1, 0.15) is 48.8 Å². The summed E-state index contributed by atoms with van der Waals surface area (Å²) in [7, 11) is -3.79. The fourth-order valence-electron chi connectivity index (χ4n) is 4.17. The van der Waals surface area contributed by atoms with Gasteiger partial charge in [0, 0.05) is 25.3 Å². The van der Waals surface area contributed by atoms with Crippen molar-refractivity contribution in [3.8, 4) is 0 Å². The molecule has 1 amide bonds. The van der Waals surface area contributed by atoms with Crippen molar-refractivity contribution in [2.45, 2.75) is 44.1 Å². The SMILES string of the molecule is CC(C)(C)OC(=O)N1CCC(CNS(=O)(=O)c2ccc(Nc3nc(N)c(C(=O)c4c(F)cccc4F)s3)cc2)CC1. The number of rotatable bonds is 8. The van der Waals surface area contributed by atoms with Crippen LogP contribution in [0.3, 0.4) is 0 Å². The largest absolute Gasteiger partial charge is 0.444 e. The van der Waals surface area contributed by atoms with Gasteiger partial charge >= 0.3 is 6.09 Å². The average Bonchev–Trinajstić information content (AvgIpc) is 3.26. The highest BCUT2D eigenvalue weighted by molar-refractivity contribution is 7.89. The number of aromatic nitrogens is 1. The van der Waals surface area contributed by atoms with Crippen LogP contribution in [-0.2, 0) is 14.8 Å². The molecular formula is C27H31F2N5O5S2. The molecule has 0 spiro atoms. The van der Waals surface area contributed by atoms with Crippen LogP contribution < -0.4 is 15.8 Å². The maximum atomic E-state index is 14.1. The number of nitrogens with zero attached hydrogens (tertiary/aromatic N) is 2. The molecule has 0 saturated carbocycles. The van der Waals surface area contributed by atoms with Crippen molar-refractivity contribution in [3.05, 3.63) is 64.5 Å². The molecule has 0 unspecified atom stereocenters. The molecule has 2 heterocycles. The topological polar surface area (TPSA) is 144 Å². The minimum atomic E-state index is -3.79. The first-order valence-corrected chi connectivity index (χ1v) is 15.1. The van der Waals surface area contributed by atoms with E-state index in [0.29, 0.717) is 31.6 Å². The lowest BCUT2D eigenvalue weighted by molar-refractivity contribution is 0.0185. The van der Waals surface area contributed by atoms with Crippen LogP contribution in [0.2, 0.25) is 0 Å². The summed E-state index contributed by atoms with van der Waals surface area (Å²) in [5, 5.41) is 3.11. The molecule has 3 aromatic rings. The van der Waals surface area contributed by atoms with Gasteiger partial charge < -0.3 is 20.7 Å². The van der Waals surface area contributed by atoms with Gasteiger partial charge in [0.2, 0.25) is 15.8 Å². The first-order valence-electron chi connectivity index (χ1n) is 12.8. The minimum absolute atomic E-state index is 0.0544. The lowest BCUT2D eigenvalue weighted by atomic mass is 9.97. The van der Waals surface area contributed by atoms with E-state index >= 15 is 0 Å². The van der Waals surface area contributed by atoms with Crippen LogP contribution in [0.25, 0.3) is 0 Å². The van der Waals surface area contributed by atoms with Crippen molar-refractivity contribution in [2.75, 3.05) is 30.7 Å². The summed E-state index contributed by atoms with van der Waals surface area (Å²) in [6, 6.07) is 8.97. The second-order valence-electron chi connectivity index (χ2n) is 10.6. The van der Waals surface area contributed by atoms with Gasteiger partial charge in [-0.2, -0.15) is 0 Å². The van der Waals surface area contributed by atoms with Crippen molar-refractivity contribution in [1.29, 1.82) is 0 Å². The molecule has 1 aromatic heterocycles. The van der Waals surface area contributed by atoms with E-state index in [1.165, 1.54) is 24.3 Å². The van der Waals surface area contributed by atoms with Gasteiger partial charge in [-0.1, -0.05) is 17.4 Å². The summed E-state index contributed by atoms with van der Waals surface area (Å²) in [4.78, 5) is 30.5. The summed E-state index contributed by atoms with van der Waals surface area (Å²) in [5.74, 6) is -3.05. The van der Waals surface area contributed by atoms with E-state index in [9.17, 15) is 26.8 Å². The Morgan fingerprint density at radius 1 is 1.10 bits per heavy atom. The number of halogens is 2. The molecule has 2 aromatic carbocycles. The molecule has 1 saturated heterocycles. The van der Waals surface area contributed by atoms with Crippen LogP contribution in [0.5, 0.6) is 0 Å². The maximum absolute atomic E-state index is 14.1. The summed E-state index contributed by atoms with van der Waals surface area (Å²) < 4.78 is 61.8. The van der Waals surface area contributed by atoms with Crippen LogP contribution in [0.15, 0.2) is 47.4 Å². The number of nitrogens with two attached hydrogens (primary N) is 1. The first kappa shape index (κ1) is 30.3. The van der Waals surface area contributed by atoms with E-state index in [1.807, 2.05) is 20.8 Å². The number of piperidine rings is 1. The molecule has 41 heavy (non-hydrogen) atoms. The zero-order valence-corrected chi connectivity index (χ0v) is 24.4. The number of amides is 1. The van der Waals surface area contributed by atoms with Gasteiger partial charge in [-0.15, -0.1) is 0 Å². The zero-order valence-electron chi connectivity index (χ0n) is 22.7. The van der Waals surface area contributed by atoms with Crippen molar-refractivity contribution in [2.24, 2.45) is 5.92 Å². The lowest BCUT2D eigenvalue weighted by Crippen LogP contribution is -2.43. The summed E-state index contributed by atoms with van der Waals surface area (Å²) >= 11 is 0.820. The predicted molar refractivity (Wildman–Crippen MR) is 152 cm³/mol. The number of hydrogen-bond acceptors (Lipinski definition) is 9. The van der Waals surface area contributed by atoms with E-state index < -0.39 is 38.6 Å². The van der Waals surface area contributed by atoms with Crippen molar-refractivity contribution in [1.82, 2.24) is 14.6 Å². The van der Waals surface area contributed by atoms with Crippen LogP contribution in [0, 0.1) is 17.6 Å². The molecular weight excluding hydrogens is 576 g/mol. The number of hydrogen-bond donors (Lipinski definition) is 3. The van der Waals surface area contributed by atoms with Gasteiger partial charge in [-0.05, 0) is 75.9 Å². The van der Waals surface area contributed by atoms with Gasteiger partial charge in [-0.25, -0.2) is 31.7 Å². The molecule has 14 heteroatoms. The Balaban J connectivity index is 1.33. The molecule has 0 bridgehead atoms. The molecule has 4 N–H and O–H groups in total. The minimum Gasteiger partial charge on any atom is -0.444 e. The smallest absolute Gasteiger partial charge is 0.410 e. The molecule has 10 nitrogen and oxygen atoms in total. The highest BCUT2D eigenvalue weighted by Gasteiger charge is 2.28. The Morgan fingerprint density at radius 3 is 2.29 bits per heavy atom. The quantitative estimate of drug-likeness (QED) is 0.307. The summed E-state index contributed by atoms with van der Waals surface area (Å²) in [5.41, 5.74) is 5.00. The number of sulfonamides is 1. The second-order valence-corrected chi connectivity index (χ2v) is 13.3. The highest BCUT2D eigenvalue weighted by atomic mass is 32.2. The molecule has 0 aliphatic carbocycles. The van der Waals surface area contributed by atoms with Crippen molar-refractivity contribution >= 4 is 49.9 Å². The molecule has 1 aliphatic heterocycles. The molecule has 4 rings (SSSR count). The second kappa shape index (κ2) is 12.1. The first-order chi connectivity index (χ1) is 19.2. The van der Waals surface area contributed by atoms with Crippen molar-refractivity contribution < 1.29 is 31.5 Å². The van der Waals surface area contributed by atoms with E-state index in [2.05, 4.69) is 15.0 Å². The van der Waals surface area contributed by atoms with Crippen molar-refractivity contribution in [3.63, 3.8) is 0 Å². The van der Waals surface area contributed by atoms with E-state index in [0.717, 1.165) is 29.5 Å². The Bertz CT molecular complexity index is 1510. The van der Waals surface area contributed by atoms with E-state index in [4.69, 9.17) is 10.5 Å². The third kappa shape index (κ3) is 7.57. The lowest BCUT2D eigenvalue weighted by Gasteiger charge is -2.33. The Kier molecular flexibility index (Phi) is 8.94. The fourth-order valence-corrected chi connectivity index (χ4v) is 6.14. The number of thiazole rings is 1. The van der Waals surface area contributed by atoms with Gasteiger partial charge in [-0.3, -0.25) is 4.79 Å². The number of nitrogen functional groups attached to an aromatic ring is 1. The van der Waals surface area contributed by atoms with Gasteiger partial charge in [0.15, 0.2) is 5.13 Å². The molecule has 0 radical (unpaired) electrons. The number of carbonyl (C=O) groups is 2. The Hall–Kier alpha value is -3.62. The van der Waals surface area contributed by atoms with Gasteiger partial charge in [0.05, 0.1) is 10.5 Å². The van der Waals surface area contributed by atoms with Crippen LogP contribution >= 0.6 is 11.3 Å². The zero-order chi connectivity index (χ0) is 29.9. The molecule has 0 atom stereocenters. The number of ether oxygens (including phenoxy) is 1. The highest BCUT2D eigenvalue weighted by Crippen LogP contribution is 2.31. The predicted octanol–water partition coefficient (Wildman–Crippen LogP) is 4.90. The number of nitrogens with one attached hydrogen (secondary N) is 2. The van der Waals surface area contributed by atoms with E-state index in [1.54, 1.807) is 4.90 Å². The Labute approximate surface area is 241 Å². The standard InChI is InChI=1S/C27H31F2N5O5S2/c1-27(2,3)39-26(36)34-13-11-16(12-14-34)15-31-41(37,38)18-9-7-17(8-10-18)32-25-33-24(30)23(40-25)22(35)21-19(28)5-4-6-20(21)29/h4-10,16,31H,11-15,30H2,1-3H3,(H,32,33). The molecule has 1 aliphatic rings. The number of benzene rings is 2. The van der Waals surface area contributed by atoms with Crippen LogP contribution in [0.4, 0.5) is 30.2 Å². The Morgan fingerprint density at radius 2 is 1.71 bits per heavy atom. The average molecular weight is 608 g/mol. The normalized spacial score (nSPS) is 14.6. The number of anilines is 3. The van der Waals surface area contributed by atoms with Gasteiger partial charge in [0.25, 0.3) is 0 Å². The molecule has 220 valence electrons. The monoisotopic (exact) mass is 607 g/mol. The maximum Gasteiger partial charge on any atom is 0.410 e. The van der Waals surface area contributed by atoms with Crippen LogP contribution in [-0.4, -0.2) is 55.4 Å². The number of carbonyl (C=O) groups excluding carboxylic acids is 2. The summed E-state index contributed by atoms with van der Waals surface area (Å²) in [6.07, 6.45) is 0.929. The summed E-state index contributed by atoms with van der Waals surface area (Å²) in [6.45, 7) is 6.64. The van der Waals surface area contributed by atoms with Gasteiger partial charge in [0.1, 0.15) is 27.9 Å². The number of ketones is 1. The molecule has 1 fully saturated rings. The fraction of sp³-hybridized carbons (Fsp3) is 0.370. The third-order valence-corrected chi connectivity index (χ3v) is 8.72. The van der Waals surface area contributed by atoms with E-state index in [-0.39, 0.29) is 39.3 Å². The number of likely N-dealkylation sites (tertiary alicyclic amines) is 1.